The molecule has 1 heterocycles. The molecule has 0 atom stereocenters. The second-order valence-electron chi connectivity index (χ2n) is 4.92. The van der Waals surface area contributed by atoms with Gasteiger partial charge in [-0.2, -0.15) is 13.2 Å². The lowest BCUT2D eigenvalue weighted by molar-refractivity contribution is -0.141. The fourth-order valence-corrected chi connectivity index (χ4v) is 2.54. The van der Waals surface area contributed by atoms with Crippen molar-refractivity contribution in [2.75, 3.05) is 5.32 Å². The maximum atomic E-state index is 12.6. The molecule has 0 saturated heterocycles. The van der Waals surface area contributed by atoms with Gasteiger partial charge >= 0.3 is 6.18 Å². The van der Waals surface area contributed by atoms with Gasteiger partial charge in [0.1, 0.15) is 11.5 Å². The average molecular weight is 278 g/mol. The maximum Gasteiger partial charge on any atom is 0.433 e. The van der Waals surface area contributed by atoms with E-state index in [1.54, 1.807) is 6.07 Å². The van der Waals surface area contributed by atoms with Gasteiger partial charge in [0.2, 0.25) is 0 Å². The Morgan fingerprint density at radius 1 is 0.950 bits per heavy atom. The summed E-state index contributed by atoms with van der Waals surface area (Å²) in [5, 5.41) is 3.09. The molecule has 2 nitrogen and oxygen atoms in total. The van der Waals surface area contributed by atoms with Crippen molar-refractivity contribution in [2.45, 2.75) is 25.1 Å². The van der Waals surface area contributed by atoms with Crippen LogP contribution in [-0.4, -0.2) is 11.0 Å². The molecule has 0 amide bonds. The minimum Gasteiger partial charge on any atom is -0.367 e. The molecule has 0 fully saturated rings. The predicted octanol–water partition coefficient (Wildman–Crippen LogP) is 3.68. The number of aromatic nitrogens is 1. The third kappa shape index (κ3) is 2.61. The van der Waals surface area contributed by atoms with Crippen molar-refractivity contribution >= 4 is 5.82 Å². The molecule has 1 aliphatic rings. The van der Waals surface area contributed by atoms with Gasteiger partial charge in [-0.1, -0.05) is 30.3 Å². The first-order chi connectivity index (χ1) is 9.52. The second-order valence-corrected chi connectivity index (χ2v) is 4.92. The number of alkyl halides is 3. The van der Waals surface area contributed by atoms with Crippen molar-refractivity contribution in [2.24, 2.45) is 0 Å². The monoisotopic (exact) mass is 278 g/mol. The topological polar surface area (TPSA) is 24.9 Å². The molecule has 1 aromatic carbocycles. The van der Waals surface area contributed by atoms with Gasteiger partial charge in [-0.3, -0.25) is 0 Å². The van der Waals surface area contributed by atoms with E-state index in [4.69, 9.17) is 0 Å². The van der Waals surface area contributed by atoms with Crippen LogP contribution in [0.5, 0.6) is 0 Å². The third-order valence-electron chi connectivity index (χ3n) is 3.44. The lowest BCUT2D eigenvalue weighted by atomic mass is 10.1. The molecule has 1 aromatic heterocycles. The van der Waals surface area contributed by atoms with Crippen LogP contribution < -0.4 is 5.32 Å². The predicted molar refractivity (Wildman–Crippen MR) is 70.5 cm³/mol. The first-order valence-corrected chi connectivity index (χ1v) is 6.40. The van der Waals surface area contributed by atoms with Crippen LogP contribution in [0.25, 0.3) is 0 Å². The summed E-state index contributed by atoms with van der Waals surface area (Å²) in [5.41, 5.74) is 1.63. The van der Waals surface area contributed by atoms with Gasteiger partial charge in [0.15, 0.2) is 0 Å². The summed E-state index contributed by atoms with van der Waals surface area (Å²) < 4.78 is 37.8. The third-order valence-corrected chi connectivity index (χ3v) is 3.44. The van der Waals surface area contributed by atoms with Gasteiger partial charge in [0.05, 0.1) is 0 Å². The van der Waals surface area contributed by atoms with E-state index in [-0.39, 0.29) is 11.9 Å². The largest absolute Gasteiger partial charge is 0.433 e. The van der Waals surface area contributed by atoms with Crippen LogP contribution in [0.15, 0.2) is 42.5 Å². The number of nitrogens with zero attached hydrogens (tertiary/aromatic N) is 1. The Balaban J connectivity index is 1.74. The Kier molecular flexibility index (Phi) is 3.12. The van der Waals surface area contributed by atoms with E-state index in [1.807, 2.05) is 12.1 Å². The average Bonchev–Trinajstić information content (AvgIpc) is 2.80. The molecular weight excluding hydrogens is 265 g/mol. The molecule has 0 unspecified atom stereocenters. The molecule has 0 saturated carbocycles. The lowest BCUT2D eigenvalue weighted by Crippen LogP contribution is -2.21. The normalized spacial score (nSPS) is 15.2. The number of nitrogens with one attached hydrogen (secondary N) is 1. The van der Waals surface area contributed by atoms with E-state index in [0.29, 0.717) is 0 Å². The summed E-state index contributed by atoms with van der Waals surface area (Å²) in [6.45, 7) is 0. The van der Waals surface area contributed by atoms with E-state index in [0.717, 1.165) is 18.9 Å². The highest BCUT2D eigenvalue weighted by atomic mass is 19.4. The van der Waals surface area contributed by atoms with Crippen LogP contribution >= 0.6 is 0 Å². The highest BCUT2D eigenvalue weighted by Crippen LogP contribution is 2.29. The molecular formula is C15H13F3N2. The van der Waals surface area contributed by atoms with E-state index in [1.165, 1.54) is 17.2 Å². The summed E-state index contributed by atoms with van der Waals surface area (Å²) in [4.78, 5) is 3.63. The molecule has 2 aromatic rings. The van der Waals surface area contributed by atoms with E-state index in [9.17, 15) is 13.2 Å². The Morgan fingerprint density at radius 3 is 2.20 bits per heavy atom. The zero-order valence-corrected chi connectivity index (χ0v) is 10.6. The fraction of sp³-hybridized carbons (Fsp3) is 0.267. The highest BCUT2D eigenvalue weighted by Gasteiger charge is 2.32. The SMILES string of the molecule is FC(F)(F)c1cccc(NC2Cc3ccccc3C2)n1. The van der Waals surface area contributed by atoms with Gasteiger partial charge in [-0.05, 0) is 36.1 Å². The quantitative estimate of drug-likeness (QED) is 0.906. The molecule has 0 bridgehead atoms. The van der Waals surface area contributed by atoms with Gasteiger partial charge in [-0.25, -0.2) is 4.98 Å². The molecule has 0 radical (unpaired) electrons. The zero-order chi connectivity index (χ0) is 14.2. The minimum absolute atomic E-state index is 0.100. The van der Waals surface area contributed by atoms with E-state index < -0.39 is 11.9 Å². The fourth-order valence-electron chi connectivity index (χ4n) is 2.54. The smallest absolute Gasteiger partial charge is 0.367 e. The molecule has 0 aliphatic heterocycles. The van der Waals surface area contributed by atoms with Crippen LogP contribution in [0.3, 0.4) is 0 Å². The van der Waals surface area contributed by atoms with Crippen LogP contribution in [0, 0.1) is 0 Å². The number of rotatable bonds is 2. The van der Waals surface area contributed by atoms with Crippen molar-refractivity contribution in [1.29, 1.82) is 0 Å². The van der Waals surface area contributed by atoms with Gasteiger partial charge in [0.25, 0.3) is 0 Å². The Bertz CT molecular complexity index is 598. The Hall–Kier alpha value is -2.04. The molecule has 104 valence electrons. The maximum absolute atomic E-state index is 12.6. The first kappa shape index (κ1) is 13.0. The summed E-state index contributed by atoms with van der Waals surface area (Å²) >= 11 is 0. The number of hydrogen-bond acceptors (Lipinski definition) is 2. The van der Waals surface area contributed by atoms with Gasteiger partial charge in [-0.15, -0.1) is 0 Å². The summed E-state index contributed by atoms with van der Waals surface area (Å²) in [7, 11) is 0. The number of benzene rings is 1. The molecule has 20 heavy (non-hydrogen) atoms. The van der Waals surface area contributed by atoms with Crippen LogP contribution in [0.1, 0.15) is 16.8 Å². The molecule has 5 heteroatoms. The van der Waals surface area contributed by atoms with E-state index in [2.05, 4.69) is 22.4 Å². The Labute approximate surface area is 114 Å². The summed E-state index contributed by atoms with van der Waals surface area (Å²) in [5.74, 6) is 0.276. The van der Waals surface area contributed by atoms with Crippen molar-refractivity contribution in [1.82, 2.24) is 4.98 Å². The first-order valence-electron chi connectivity index (χ1n) is 6.40. The number of anilines is 1. The number of pyridine rings is 1. The van der Waals surface area contributed by atoms with Crippen LogP contribution in [0.4, 0.5) is 19.0 Å². The molecule has 3 rings (SSSR count). The number of fused-ring (bicyclic) bond motifs is 1. The van der Waals surface area contributed by atoms with Crippen LogP contribution in [-0.2, 0) is 19.0 Å². The van der Waals surface area contributed by atoms with Crippen molar-refractivity contribution < 1.29 is 13.2 Å². The Morgan fingerprint density at radius 2 is 1.60 bits per heavy atom. The zero-order valence-electron chi connectivity index (χ0n) is 10.6. The number of hydrogen-bond donors (Lipinski definition) is 1. The van der Waals surface area contributed by atoms with Gasteiger partial charge < -0.3 is 5.32 Å². The molecule has 1 aliphatic carbocycles. The van der Waals surface area contributed by atoms with Crippen LogP contribution in [0.2, 0.25) is 0 Å². The molecule has 1 N–H and O–H groups in total. The summed E-state index contributed by atoms with van der Waals surface area (Å²) in [6.07, 6.45) is -2.78. The lowest BCUT2D eigenvalue weighted by Gasteiger charge is -2.14. The van der Waals surface area contributed by atoms with Crippen molar-refractivity contribution in [3.8, 4) is 0 Å². The molecule has 0 spiro atoms. The minimum atomic E-state index is -4.41. The van der Waals surface area contributed by atoms with E-state index >= 15 is 0 Å². The highest BCUT2D eigenvalue weighted by molar-refractivity contribution is 5.42. The second kappa shape index (κ2) is 4.81. The standard InChI is InChI=1S/C15H13F3N2/c16-15(17,18)13-6-3-7-14(20-13)19-12-8-10-4-1-2-5-11(10)9-12/h1-7,12H,8-9H2,(H,19,20). The van der Waals surface area contributed by atoms with Gasteiger partial charge in [0, 0.05) is 6.04 Å². The van der Waals surface area contributed by atoms with Crippen molar-refractivity contribution in [3.63, 3.8) is 0 Å². The number of halogens is 3. The summed E-state index contributed by atoms with van der Waals surface area (Å²) in [6, 6.07) is 12.1. The van der Waals surface area contributed by atoms with Crippen molar-refractivity contribution in [3.05, 3.63) is 59.3 Å².